The Kier molecular flexibility index (Phi) is 18.3. The smallest absolute Gasteiger partial charge is 0.340 e. The lowest BCUT2D eigenvalue weighted by molar-refractivity contribution is -0.140. The van der Waals surface area contributed by atoms with Crippen molar-refractivity contribution in [2.24, 2.45) is 11.8 Å². The number of nitrogens with zero attached hydrogens (tertiary/aromatic N) is 2. The number of fused-ring (bicyclic) bond motifs is 6. The van der Waals surface area contributed by atoms with Crippen LogP contribution in [-0.4, -0.2) is 74.5 Å². The van der Waals surface area contributed by atoms with Gasteiger partial charge in [-0.15, -0.1) is 0 Å². The maximum absolute atomic E-state index is 14.1. The average molecular weight is 1020 g/mol. The summed E-state index contributed by atoms with van der Waals surface area (Å²) in [4.78, 5) is 55.3. The number of ether oxygens (including phenoxy) is 6. The summed E-state index contributed by atoms with van der Waals surface area (Å²) in [5, 5.41) is 11.7. The van der Waals surface area contributed by atoms with Gasteiger partial charge in [0.25, 0.3) is 14.4 Å². The third-order valence-corrected chi connectivity index (χ3v) is 16.1. The van der Waals surface area contributed by atoms with Crippen LogP contribution in [-0.2, 0) is 29.0 Å². The number of amides is 1. The molecule has 0 aromatic heterocycles. The van der Waals surface area contributed by atoms with Gasteiger partial charge in [-0.2, -0.15) is 5.26 Å². The molecule has 7 rings (SSSR count). The summed E-state index contributed by atoms with van der Waals surface area (Å²) in [7, 11) is 1.49. The normalized spacial score (nSPS) is 16.7. The maximum atomic E-state index is 14.1. The lowest BCUT2D eigenvalue weighted by atomic mass is 9.76. The van der Waals surface area contributed by atoms with E-state index in [1.807, 2.05) is 0 Å². The number of methoxy groups -OCH3 is 2. The van der Waals surface area contributed by atoms with E-state index in [1.165, 1.54) is 20.3 Å². The molecule has 70 heavy (non-hydrogen) atoms. The van der Waals surface area contributed by atoms with Gasteiger partial charge in [0.05, 0.1) is 68.4 Å². The molecule has 18 heteroatoms. The van der Waals surface area contributed by atoms with Crippen LogP contribution in [0, 0.1) is 23.2 Å². The molecule has 0 bridgehead atoms. The van der Waals surface area contributed by atoms with E-state index in [1.54, 1.807) is 24.3 Å². The number of nitriles is 1. The molecule has 4 aliphatic rings. The van der Waals surface area contributed by atoms with Gasteiger partial charge in [0.2, 0.25) is 0 Å². The largest absolute Gasteiger partial charge is 0.493 e. The molecule has 1 N–H and O–H groups in total. The molecule has 0 radical (unpaired) electrons. The Morgan fingerprint density at radius 3 is 1.81 bits per heavy atom. The molecule has 1 amide bonds. The van der Waals surface area contributed by atoms with Gasteiger partial charge in [-0.05, 0) is 96.6 Å². The van der Waals surface area contributed by atoms with E-state index in [0.29, 0.717) is 58.3 Å². The molecule has 2 fully saturated rings. The second kappa shape index (κ2) is 24.2. The molecule has 2 saturated carbocycles. The van der Waals surface area contributed by atoms with Crippen LogP contribution in [0.25, 0.3) is 0 Å². The minimum atomic E-state index is -1.89. The molecule has 1 unspecified atom stereocenters. The number of carbonyl (C=O) groups excluding carboxylic acids is 4. The van der Waals surface area contributed by atoms with Crippen LogP contribution >= 0.6 is 31.7 Å². The van der Waals surface area contributed by atoms with Crippen molar-refractivity contribution in [3.8, 4) is 40.6 Å². The van der Waals surface area contributed by atoms with Gasteiger partial charge in [0.1, 0.15) is 10.0 Å². The SMILES string of the molecule is COc1cc2c(c(Cl)c1OC(=O)C1CCCCC1)Oc1c(cc(OC)c(OC(=O)C3CCCCC3)c1Cl)C21OC(=O)c2ccc(C(=O)NCCCCCCOP(OCCC#N)N(C(C)C)C(C)C)cc21. The molecular formula is C52H64Cl2N3O12P. The quantitative estimate of drug-likeness (QED) is 0.0460. The van der Waals surface area contributed by atoms with Crippen LogP contribution in [0.15, 0.2) is 30.3 Å². The average Bonchev–Trinajstić information content (AvgIpc) is 3.65. The molecule has 1 spiro atoms. The molecule has 3 aromatic rings. The topological polar surface area (TPSA) is 181 Å². The van der Waals surface area contributed by atoms with Crippen LogP contribution in [0.2, 0.25) is 10.0 Å². The number of halogens is 2. The van der Waals surface area contributed by atoms with Gasteiger partial charge in [-0.25, -0.2) is 9.46 Å². The van der Waals surface area contributed by atoms with Crippen molar-refractivity contribution in [3.63, 3.8) is 0 Å². The van der Waals surface area contributed by atoms with Crippen molar-refractivity contribution in [2.45, 2.75) is 142 Å². The zero-order chi connectivity index (χ0) is 50.1. The van der Waals surface area contributed by atoms with E-state index in [-0.39, 0.29) is 102 Å². The monoisotopic (exact) mass is 1020 g/mol. The Morgan fingerprint density at radius 2 is 1.30 bits per heavy atom. The van der Waals surface area contributed by atoms with Crippen molar-refractivity contribution in [1.29, 1.82) is 5.26 Å². The highest BCUT2D eigenvalue weighted by atomic mass is 35.5. The standard InChI is InChI=1S/C52H64Cl2N3O12P/c1-31(2)57(32(3)4)70(65-27-17-24-55)64-26-16-8-7-15-25-56-48(58)35-22-23-36-37(28-35)52(69-51(36)61)38-29-40(62-5)46(67-49(59)33-18-11-9-12-19-33)42(53)44(38)66-45-39(52)30-41(63-6)47(43(45)54)68-50(60)34-20-13-10-14-21-34/h22-23,28-34H,7-21,25-27H2,1-6H3,(H,56,58). The fraction of sp³-hybridized carbons (Fsp3) is 0.558. The van der Waals surface area contributed by atoms with E-state index in [2.05, 4.69) is 43.8 Å². The minimum Gasteiger partial charge on any atom is -0.493 e. The first-order valence-corrected chi connectivity index (χ1v) is 26.4. The van der Waals surface area contributed by atoms with Gasteiger partial charge >= 0.3 is 17.9 Å². The lowest BCUT2D eigenvalue weighted by Crippen LogP contribution is -2.34. The van der Waals surface area contributed by atoms with Gasteiger partial charge in [-0.3, -0.25) is 14.4 Å². The zero-order valence-corrected chi connectivity index (χ0v) is 43.3. The third-order valence-electron chi connectivity index (χ3n) is 13.3. The van der Waals surface area contributed by atoms with Crippen LogP contribution in [0.4, 0.5) is 0 Å². The number of rotatable bonds is 21. The van der Waals surface area contributed by atoms with Crippen LogP contribution < -0.4 is 29.0 Å². The predicted octanol–water partition coefficient (Wildman–Crippen LogP) is 12.1. The zero-order valence-electron chi connectivity index (χ0n) is 40.9. The Hall–Kier alpha value is -4.68. The van der Waals surface area contributed by atoms with E-state index in [0.717, 1.165) is 57.8 Å². The number of carbonyl (C=O) groups is 4. The molecule has 2 heterocycles. The number of nitrogens with one attached hydrogen (secondary N) is 1. The van der Waals surface area contributed by atoms with E-state index < -0.39 is 32.0 Å². The minimum absolute atomic E-state index is 0.0563. The second-order valence-electron chi connectivity index (χ2n) is 18.7. The summed E-state index contributed by atoms with van der Waals surface area (Å²) in [5.74, 6) is -2.84. The molecule has 15 nitrogen and oxygen atoms in total. The van der Waals surface area contributed by atoms with E-state index in [4.69, 9.17) is 65.9 Å². The first-order chi connectivity index (χ1) is 33.7. The summed E-state index contributed by atoms with van der Waals surface area (Å²) in [5.41, 5.74) is -0.817. The summed E-state index contributed by atoms with van der Waals surface area (Å²) >= 11 is 14.4. The van der Waals surface area contributed by atoms with Crippen molar-refractivity contribution in [1.82, 2.24) is 9.99 Å². The highest BCUT2D eigenvalue weighted by Gasteiger charge is 2.56. The molecule has 2 aliphatic heterocycles. The summed E-state index contributed by atoms with van der Waals surface area (Å²) in [6, 6.07) is 10.3. The second-order valence-corrected chi connectivity index (χ2v) is 20.9. The summed E-state index contributed by atoms with van der Waals surface area (Å²) in [6.45, 7) is 9.60. The van der Waals surface area contributed by atoms with Crippen molar-refractivity contribution >= 4 is 55.5 Å². The molecule has 3 aromatic carbocycles. The molecule has 2 aliphatic carbocycles. The van der Waals surface area contributed by atoms with Crippen molar-refractivity contribution in [2.75, 3.05) is 34.0 Å². The third kappa shape index (κ3) is 11.3. The predicted molar refractivity (Wildman–Crippen MR) is 264 cm³/mol. The van der Waals surface area contributed by atoms with E-state index in [9.17, 15) is 19.2 Å². The van der Waals surface area contributed by atoms with Gasteiger partial charge in [0, 0.05) is 29.8 Å². The van der Waals surface area contributed by atoms with Crippen molar-refractivity contribution in [3.05, 3.63) is 68.2 Å². The fourth-order valence-electron chi connectivity index (χ4n) is 9.84. The number of hydrogen-bond donors (Lipinski definition) is 1. The summed E-state index contributed by atoms with van der Waals surface area (Å²) in [6.07, 6.45) is 11.8. The molecule has 1 atom stereocenters. The molecular weight excluding hydrogens is 960 g/mol. The van der Waals surface area contributed by atoms with Crippen LogP contribution in [0.3, 0.4) is 0 Å². The number of benzene rings is 3. The van der Waals surface area contributed by atoms with Gasteiger partial charge in [0.15, 0.2) is 40.1 Å². The number of unbranched alkanes of at least 4 members (excludes halogenated alkanes) is 3. The Bertz CT molecular complexity index is 2350. The fourth-order valence-corrected chi connectivity index (χ4v) is 12.0. The van der Waals surface area contributed by atoms with Gasteiger partial charge < -0.3 is 42.8 Å². The first kappa shape index (κ1) is 53.1. The number of esters is 3. The molecule has 378 valence electrons. The Morgan fingerprint density at radius 1 is 0.771 bits per heavy atom. The number of hydrogen-bond acceptors (Lipinski definition) is 14. The highest BCUT2D eigenvalue weighted by Crippen LogP contribution is 2.64. The van der Waals surface area contributed by atoms with Crippen LogP contribution in [0.1, 0.15) is 161 Å². The van der Waals surface area contributed by atoms with E-state index >= 15 is 0 Å². The summed E-state index contributed by atoms with van der Waals surface area (Å²) < 4.78 is 51.2. The van der Waals surface area contributed by atoms with Crippen LogP contribution in [0.5, 0.6) is 34.5 Å². The van der Waals surface area contributed by atoms with Gasteiger partial charge in [-0.1, -0.05) is 74.6 Å². The lowest BCUT2D eigenvalue weighted by Gasteiger charge is -2.38. The Labute approximate surface area is 422 Å². The highest BCUT2D eigenvalue weighted by molar-refractivity contribution is 7.44. The molecule has 0 saturated heterocycles. The van der Waals surface area contributed by atoms with Crippen molar-refractivity contribution < 1.29 is 56.6 Å². The Balaban J connectivity index is 1.17. The first-order valence-electron chi connectivity index (χ1n) is 24.6. The maximum Gasteiger partial charge on any atom is 0.340 e.